The number of nitrogens with zero attached hydrogens (tertiary/aromatic N) is 4. The minimum Gasteiger partial charge on any atom is -0.324 e. The van der Waals surface area contributed by atoms with Crippen molar-refractivity contribution in [3.05, 3.63) is 59.1 Å². The summed E-state index contributed by atoms with van der Waals surface area (Å²) in [5.74, 6) is -1.23. The van der Waals surface area contributed by atoms with Crippen LogP contribution in [-0.2, 0) is 14.4 Å². The van der Waals surface area contributed by atoms with Crippen LogP contribution in [0.1, 0.15) is 0 Å². The molecule has 27 heavy (non-hydrogen) atoms. The van der Waals surface area contributed by atoms with Crippen molar-refractivity contribution in [1.82, 2.24) is 5.01 Å². The molecule has 9 heteroatoms. The molecule has 1 N–H and O–H groups in total. The van der Waals surface area contributed by atoms with Crippen molar-refractivity contribution in [2.45, 2.75) is 12.1 Å². The van der Waals surface area contributed by atoms with Gasteiger partial charge in [0.05, 0.1) is 5.69 Å². The van der Waals surface area contributed by atoms with Crippen molar-refractivity contribution in [2.24, 2.45) is 10.3 Å². The van der Waals surface area contributed by atoms with Gasteiger partial charge >= 0.3 is 0 Å². The second kappa shape index (κ2) is 6.92. The molecule has 0 saturated carbocycles. The van der Waals surface area contributed by atoms with Gasteiger partial charge in [-0.25, -0.2) is 4.90 Å². The Morgan fingerprint density at radius 1 is 1.04 bits per heavy atom. The maximum Gasteiger partial charge on any atom is 0.263 e. The maximum atomic E-state index is 12.8. The number of amides is 3. The lowest BCUT2D eigenvalue weighted by atomic mass is 10.1. The van der Waals surface area contributed by atoms with E-state index in [4.69, 9.17) is 0 Å². The monoisotopic (exact) mass is 427 g/mol. The lowest BCUT2D eigenvalue weighted by molar-refractivity contribution is -0.123. The predicted molar refractivity (Wildman–Crippen MR) is 101 cm³/mol. The minimum atomic E-state index is -0.925. The fraction of sp³-hybridized carbons (Fsp3) is 0.167. The van der Waals surface area contributed by atoms with E-state index in [1.165, 1.54) is 5.01 Å². The predicted octanol–water partition coefficient (Wildman–Crippen LogP) is 2.38. The van der Waals surface area contributed by atoms with Crippen LogP contribution in [0.3, 0.4) is 0 Å². The first-order valence-corrected chi connectivity index (χ1v) is 8.99. The van der Waals surface area contributed by atoms with Crippen LogP contribution < -0.4 is 10.2 Å². The molecule has 0 aromatic heterocycles. The molecule has 0 bridgehead atoms. The number of carbonyl (C=O) groups is 3. The highest BCUT2D eigenvalue weighted by atomic mass is 79.9. The van der Waals surface area contributed by atoms with E-state index >= 15 is 0 Å². The van der Waals surface area contributed by atoms with E-state index in [0.717, 1.165) is 9.37 Å². The van der Waals surface area contributed by atoms with Gasteiger partial charge in [0, 0.05) is 10.2 Å². The average Bonchev–Trinajstić information content (AvgIpc) is 3.17. The number of carbonyl (C=O) groups excluding carboxylic acids is 3. The lowest BCUT2D eigenvalue weighted by Crippen LogP contribution is -2.43. The third-order valence-electron chi connectivity index (χ3n) is 4.31. The van der Waals surface area contributed by atoms with Crippen LogP contribution in [0.15, 0.2) is 69.4 Å². The molecule has 2 aromatic rings. The number of nitrogens with one attached hydrogen (secondary N) is 1. The number of hydrogen-bond donors (Lipinski definition) is 1. The van der Waals surface area contributed by atoms with Crippen LogP contribution >= 0.6 is 15.9 Å². The fourth-order valence-corrected chi connectivity index (χ4v) is 3.33. The van der Waals surface area contributed by atoms with Gasteiger partial charge < -0.3 is 5.32 Å². The Bertz CT molecular complexity index is 932. The first kappa shape index (κ1) is 17.3. The normalized spacial score (nSPS) is 20.9. The number of para-hydroxylation sites is 1. The second-order valence-electron chi connectivity index (χ2n) is 6.09. The Hall–Kier alpha value is -3.07. The average molecular weight is 428 g/mol. The van der Waals surface area contributed by atoms with Crippen molar-refractivity contribution in [1.29, 1.82) is 0 Å². The first-order chi connectivity index (χ1) is 13.0. The zero-order valence-corrected chi connectivity index (χ0v) is 15.5. The molecule has 0 radical (unpaired) electrons. The summed E-state index contributed by atoms with van der Waals surface area (Å²) in [6.45, 7) is -0.174. The Morgan fingerprint density at radius 2 is 1.74 bits per heavy atom. The van der Waals surface area contributed by atoms with Gasteiger partial charge in [-0.1, -0.05) is 39.4 Å². The van der Waals surface area contributed by atoms with Gasteiger partial charge in [-0.05, 0) is 36.4 Å². The van der Waals surface area contributed by atoms with Crippen LogP contribution in [0.25, 0.3) is 0 Å². The molecule has 3 amide bonds. The second-order valence-corrected chi connectivity index (χ2v) is 7.01. The number of imide groups is 1. The van der Waals surface area contributed by atoms with Crippen molar-refractivity contribution in [3.8, 4) is 0 Å². The van der Waals surface area contributed by atoms with E-state index < -0.39 is 23.9 Å². The number of hydrogen-bond acceptors (Lipinski definition) is 6. The molecule has 1 saturated heterocycles. The van der Waals surface area contributed by atoms with Gasteiger partial charge in [0.25, 0.3) is 11.8 Å². The molecule has 136 valence electrons. The highest BCUT2D eigenvalue weighted by Crippen LogP contribution is 2.32. The number of halogens is 1. The third kappa shape index (κ3) is 3.21. The van der Waals surface area contributed by atoms with Crippen LogP contribution in [0.2, 0.25) is 0 Å². The van der Waals surface area contributed by atoms with E-state index in [1.54, 1.807) is 48.5 Å². The summed E-state index contributed by atoms with van der Waals surface area (Å²) < 4.78 is 0.837. The summed E-state index contributed by atoms with van der Waals surface area (Å²) >= 11 is 3.32. The van der Waals surface area contributed by atoms with E-state index in [2.05, 4.69) is 31.6 Å². The quantitative estimate of drug-likeness (QED) is 0.757. The molecular formula is C18H14BrN5O3. The largest absolute Gasteiger partial charge is 0.324 e. The number of anilines is 2. The van der Waals surface area contributed by atoms with Gasteiger partial charge in [-0.2, -0.15) is 5.11 Å². The molecule has 0 unspecified atom stereocenters. The van der Waals surface area contributed by atoms with Crippen LogP contribution in [0.5, 0.6) is 0 Å². The van der Waals surface area contributed by atoms with Gasteiger partial charge in [0.2, 0.25) is 5.91 Å². The molecule has 2 atom stereocenters. The Kier molecular flexibility index (Phi) is 4.44. The van der Waals surface area contributed by atoms with E-state index in [-0.39, 0.29) is 12.5 Å². The molecule has 2 aliphatic rings. The third-order valence-corrected chi connectivity index (χ3v) is 4.83. The van der Waals surface area contributed by atoms with Crippen molar-refractivity contribution < 1.29 is 14.4 Å². The van der Waals surface area contributed by atoms with Crippen LogP contribution in [-0.4, -0.2) is 41.4 Å². The maximum absolute atomic E-state index is 12.8. The summed E-state index contributed by atoms with van der Waals surface area (Å²) in [5, 5.41) is 11.8. The smallest absolute Gasteiger partial charge is 0.263 e. The number of rotatable bonds is 4. The minimum absolute atomic E-state index is 0.174. The van der Waals surface area contributed by atoms with Gasteiger partial charge in [-0.3, -0.25) is 19.4 Å². The zero-order valence-electron chi connectivity index (χ0n) is 13.9. The molecular weight excluding hydrogens is 414 g/mol. The Labute approximate surface area is 163 Å². The summed E-state index contributed by atoms with van der Waals surface area (Å²) in [4.78, 5) is 38.8. The first-order valence-electron chi connectivity index (χ1n) is 8.20. The molecule has 2 heterocycles. The van der Waals surface area contributed by atoms with Gasteiger partial charge in [0.1, 0.15) is 6.54 Å². The lowest BCUT2D eigenvalue weighted by Gasteiger charge is -2.20. The molecule has 0 spiro atoms. The highest BCUT2D eigenvalue weighted by Gasteiger charge is 2.55. The summed E-state index contributed by atoms with van der Waals surface area (Å²) in [7, 11) is 0. The Morgan fingerprint density at radius 3 is 2.44 bits per heavy atom. The van der Waals surface area contributed by atoms with E-state index in [1.807, 2.05) is 6.07 Å². The fourth-order valence-electron chi connectivity index (χ4n) is 3.07. The van der Waals surface area contributed by atoms with Crippen molar-refractivity contribution >= 4 is 45.0 Å². The molecule has 0 aliphatic carbocycles. The molecule has 8 nitrogen and oxygen atoms in total. The van der Waals surface area contributed by atoms with Gasteiger partial charge in [0.15, 0.2) is 12.1 Å². The highest BCUT2D eigenvalue weighted by molar-refractivity contribution is 9.10. The van der Waals surface area contributed by atoms with Crippen LogP contribution in [0.4, 0.5) is 11.4 Å². The van der Waals surface area contributed by atoms with E-state index in [9.17, 15) is 14.4 Å². The standard InChI is InChI=1S/C18H14BrN5O3/c19-11-6-8-13(9-7-11)24-17(26)15-16(18(24)27)23(22-21-15)10-14(25)20-12-4-2-1-3-5-12/h1-9,15-16H,10H2,(H,20,25)/t15-,16+/m1/s1. The molecule has 2 aliphatic heterocycles. The molecule has 2 aromatic carbocycles. The van der Waals surface area contributed by atoms with Crippen molar-refractivity contribution in [2.75, 3.05) is 16.8 Å². The zero-order chi connectivity index (χ0) is 19.0. The molecule has 4 rings (SSSR count). The molecule has 1 fully saturated rings. The summed E-state index contributed by atoms with van der Waals surface area (Å²) in [6, 6.07) is 14.0. The van der Waals surface area contributed by atoms with Gasteiger partial charge in [-0.15, -0.1) is 0 Å². The van der Waals surface area contributed by atoms with E-state index in [0.29, 0.717) is 11.4 Å². The number of benzene rings is 2. The summed E-state index contributed by atoms with van der Waals surface area (Å²) in [5.41, 5.74) is 1.10. The van der Waals surface area contributed by atoms with Crippen molar-refractivity contribution in [3.63, 3.8) is 0 Å². The number of fused-ring (bicyclic) bond motifs is 1. The SMILES string of the molecule is O=C(CN1N=N[C@H]2C(=O)N(c3ccc(Br)cc3)C(=O)[C@H]21)Nc1ccccc1. The topological polar surface area (TPSA) is 94.4 Å². The van der Waals surface area contributed by atoms with Crippen LogP contribution in [0, 0.1) is 0 Å². The summed E-state index contributed by atoms with van der Waals surface area (Å²) in [6.07, 6.45) is 0. The Balaban J connectivity index is 1.49.